The molecule has 0 amide bonds. The van der Waals surface area contributed by atoms with Crippen LogP contribution in [0.2, 0.25) is 0 Å². The van der Waals surface area contributed by atoms with E-state index in [1.165, 1.54) is 0 Å². The Morgan fingerprint density at radius 1 is 1.33 bits per heavy atom. The highest BCUT2D eigenvalue weighted by atomic mass is 19.1. The molecule has 2 rings (SSSR count). The normalized spacial score (nSPS) is 10.3. The number of nitrogens with one attached hydrogen (secondary N) is 1. The predicted octanol–water partition coefficient (Wildman–Crippen LogP) is 2.97. The predicted molar refractivity (Wildman–Crippen MR) is 74.2 cm³/mol. The van der Waals surface area contributed by atoms with E-state index in [9.17, 15) is 14.5 Å². The van der Waals surface area contributed by atoms with Gasteiger partial charge in [-0.25, -0.2) is 9.37 Å². The van der Waals surface area contributed by atoms with Gasteiger partial charge in [0.05, 0.1) is 10.5 Å². The molecule has 0 atom stereocenters. The first-order chi connectivity index (χ1) is 9.92. The van der Waals surface area contributed by atoms with Gasteiger partial charge in [0.2, 0.25) is 11.6 Å². The molecule has 8 heteroatoms. The van der Waals surface area contributed by atoms with E-state index in [1.54, 1.807) is 20.9 Å². The molecule has 1 aromatic heterocycles. The molecule has 21 heavy (non-hydrogen) atoms. The van der Waals surface area contributed by atoms with E-state index in [2.05, 4.69) is 15.3 Å². The van der Waals surface area contributed by atoms with Gasteiger partial charge in [-0.15, -0.1) is 0 Å². The maximum Gasteiger partial charge on any atom is 0.311 e. The summed E-state index contributed by atoms with van der Waals surface area (Å²) in [5.41, 5.74) is 0.236. The van der Waals surface area contributed by atoms with Gasteiger partial charge in [0.1, 0.15) is 17.5 Å². The van der Waals surface area contributed by atoms with Gasteiger partial charge in [0, 0.05) is 19.2 Å². The Morgan fingerprint density at radius 2 is 2.05 bits per heavy atom. The van der Waals surface area contributed by atoms with Crippen LogP contribution in [0.4, 0.5) is 15.9 Å². The number of aromatic nitrogens is 2. The number of hydrogen-bond acceptors (Lipinski definition) is 6. The average Bonchev–Trinajstić information content (AvgIpc) is 2.42. The molecule has 0 spiro atoms. The third kappa shape index (κ3) is 3.04. The number of ether oxygens (including phenoxy) is 1. The number of halogens is 1. The smallest absolute Gasteiger partial charge is 0.311 e. The van der Waals surface area contributed by atoms with Crippen LogP contribution in [-0.2, 0) is 0 Å². The zero-order valence-electron chi connectivity index (χ0n) is 11.7. The lowest BCUT2D eigenvalue weighted by Crippen LogP contribution is -2.04. The van der Waals surface area contributed by atoms with E-state index in [0.717, 1.165) is 18.2 Å². The van der Waals surface area contributed by atoms with Crippen molar-refractivity contribution in [2.24, 2.45) is 0 Å². The number of benzene rings is 1. The first kappa shape index (κ1) is 14.6. The number of nitro benzene ring substituents is 1. The second kappa shape index (κ2) is 5.70. The second-order valence-electron chi connectivity index (χ2n) is 4.27. The minimum Gasteiger partial charge on any atom is -0.431 e. The summed E-state index contributed by atoms with van der Waals surface area (Å²) in [6, 6.07) is 3.00. The lowest BCUT2D eigenvalue weighted by molar-refractivity contribution is -0.385. The molecule has 0 aliphatic rings. The van der Waals surface area contributed by atoms with Crippen LogP contribution >= 0.6 is 0 Å². The summed E-state index contributed by atoms with van der Waals surface area (Å²) in [5, 5.41) is 13.8. The van der Waals surface area contributed by atoms with Crippen LogP contribution in [0, 0.1) is 29.8 Å². The Bertz CT molecular complexity index is 706. The highest BCUT2D eigenvalue weighted by molar-refractivity contribution is 5.52. The van der Waals surface area contributed by atoms with E-state index in [4.69, 9.17) is 4.74 Å². The van der Waals surface area contributed by atoms with E-state index in [0.29, 0.717) is 17.2 Å². The lowest BCUT2D eigenvalue weighted by Gasteiger charge is -2.11. The van der Waals surface area contributed by atoms with E-state index < -0.39 is 10.7 Å². The fourth-order valence-electron chi connectivity index (χ4n) is 1.77. The molecule has 1 aromatic carbocycles. The fraction of sp³-hybridized carbons (Fsp3) is 0.231. The van der Waals surface area contributed by atoms with Crippen molar-refractivity contribution in [3.8, 4) is 11.6 Å². The van der Waals surface area contributed by atoms with Gasteiger partial charge in [0.15, 0.2) is 0 Å². The Hall–Kier alpha value is -2.77. The standard InChI is InChI=1S/C13H13FN4O3/c1-7-12(15-3)16-8(2)17-13(7)21-11-6-9(14)4-5-10(11)18(19)20/h4-6H,1-3H3,(H,15,16,17). The Balaban J connectivity index is 2.50. The maximum absolute atomic E-state index is 13.3. The van der Waals surface area contributed by atoms with Gasteiger partial charge >= 0.3 is 5.69 Å². The molecule has 0 bridgehead atoms. The third-order valence-electron chi connectivity index (χ3n) is 2.77. The molecule has 110 valence electrons. The monoisotopic (exact) mass is 292 g/mol. The van der Waals surface area contributed by atoms with Crippen LogP contribution in [0.25, 0.3) is 0 Å². The van der Waals surface area contributed by atoms with Gasteiger partial charge in [-0.1, -0.05) is 0 Å². The molecule has 1 N–H and O–H groups in total. The summed E-state index contributed by atoms with van der Waals surface area (Å²) in [4.78, 5) is 18.6. The molecular weight excluding hydrogens is 279 g/mol. The largest absolute Gasteiger partial charge is 0.431 e. The highest BCUT2D eigenvalue weighted by Gasteiger charge is 2.19. The summed E-state index contributed by atoms with van der Waals surface area (Å²) < 4.78 is 18.7. The zero-order valence-corrected chi connectivity index (χ0v) is 11.7. The Kier molecular flexibility index (Phi) is 3.97. The minimum absolute atomic E-state index is 0.139. The van der Waals surface area contributed by atoms with Gasteiger partial charge in [-0.2, -0.15) is 4.98 Å². The van der Waals surface area contributed by atoms with Crippen LogP contribution in [0.1, 0.15) is 11.4 Å². The number of rotatable bonds is 4. The van der Waals surface area contributed by atoms with Crippen molar-refractivity contribution in [1.82, 2.24) is 9.97 Å². The number of aryl methyl sites for hydroxylation is 1. The molecular formula is C13H13FN4O3. The molecule has 0 aliphatic heterocycles. The SMILES string of the molecule is CNc1nc(C)nc(Oc2cc(F)ccc2[N+](=O)[O-])c1C. The molecule has 0 radical (unpaired) electrons. The molecule has 0 saturated carbocycles. The zero-order chi connectivity index (χ0) is 15.6. The summed E-state index contributed by atoms with van der Waals surface area (Å²) in [7, 11) is 1.68. The van der Waals surface area contributed by atoms with Crippen molar-refractivity contribution >= 4 is 11.5 Å². The molecule has 0 aliphatic carbocycles. The van der Waals surface area contributed by atoms with Gasteiger partial charge in [0.25, 0.3) is 0 Å². The molecule has 7 nitrogen and oxygen atoms in total. The summed E-state index contributed by atoms with van der Waals surface area (Å²) in [6.45, 7) is 3.36. The van der Waals surface area contributed by atoms with E-state index in [1.807, 2.05) is 0 Å². The summed E-state index contributed by atoms with van der Waals surface area (Å²) in [5.74, 6) is 0.271. The van der Waals surface area contributed by atoms with Crippen LogP contribution in [-0.4, -0.2) is 21.9 Å². The van der Waals surface area contributed by atoms with Crippen molar-refractivity contribution in [3.05, 3.63) is 45.5 Å². The Labute approximate surface area is 120 Å². The fourth-order valence-corrected chi connectivity index (χ4v) is 1.77. The van der Waals surface area contributed by atoms with Crippen molar-refractivity contribution in [3.63, 3.8) is 0 Å². The first-order valence-electron chi connectivity index (χ1n) is 6.07. The van der Waals surface area contributed by atoms with Crippen LogP contribution < -0.4 is 10.1 Å². The number of nitrogens with zero attached hydrogens (tertiary/aromatic N) is 3. The second-order valence-corrected chi connectivity index (χ2v) is 4.27. The van der Waals surface area contributed by atoms with Crippen molar-refractivity contribution in [2.75, 3.05) is 12.4 Å². The summed E-state index contributed by atoms with van der Waals surface area (Å²) in [6.07, 6.45) is 0. The van der Waals surface area contributed by atoms with Crippen molar-refractivity contribution in [2.45, 2.75) is 13.8 Å². The van der Waals surface area contributed by atoms with Crippen LogP contribution in [0.15, 0.2) is 18.2 Å². The highest BCUT2D eigenvalue weighted by Crippen LogP contribution is 2.33. The molecule has 0 fully saturated rings. The van der Waals surface area contributed by atoms with Gasteiger partial charge < -0.3 is 10.1 Å². The molecule has 2 aromatic rings. The summed E-state index contributed by atoms with van der Waals surface area (Å²) >= 11 is 0. The topological polar surface area (TPSA) is 90.2 Å². The molecule has 0 saturated heterocycles. The van der Waals surface area contributed by atoms with E-state index >= 15 is 0 Å². The lowest BCUT2D eigenvalue weighted by atomic mass is 10.3. The number of hydrogen-bond donors (Lipinski definition) is 1. The first-order valence-corrected chi connectivity index (χ1v) is 6.07. The average molecular weight is 292 g/mol. The van der Waals surface area contributed by atoms with E-state index in [-0.39, 0.29) is 17.3 Å². The quantitative estimate of drug-likeness (QED) is 0.688. The number of anilines is 1. The Morgan fingerprint density at radius 3 is 2.67 bits per heavy atom. The van der Waals surface area contributed by atoms with Gasteiger partial charge in [-0.3, -0.25) is 10.1 Å². The third-order valence-corrected chi connectivity index (χ3v) is 2.77. The molecule has 0 unspecified atom stereocenters. The van der Waals surface area contributed by atoms with Crippen LogP contribution in [0.3, 0.4) is 0 Å². The molecule has 1 heterocycles. The minimum atomic E-state index is -0.642. The van der Waals surface area contributed by atoms with Gasteiger partial charge in [-0.05, 0) is 19.9 Å². The maximum atomic E-state index is 13.3. The van der Waals surface area contributed by atoms with Crippen molar-refractivity contribution in [1.29, 1.82) is 0 Å². The number of nitro groups is 1. The van der Waals surface area contributed by atoms with Crippen molar-refractivity contribution < 1.29 is 14.1 Å². The van der Waals surface area contributed by atoms with Crippen LogP contribution in [0.5, 0.6) is 11.6 Å².